The second-order valence-electron chi connectivity index (χ2n) is 4.17. The summed E-state index contributed by atoms with van der Waals surface area (Å²) in [4.78, 5) is 12.8. The van der Waals surface area contributed by atoms with Gasteiger partial charge in [-0.1, -0.05) is 18.2 Å². The fraction of sp³-hybridized carbons (Fsp3) is 0.267. The lowest BCUT2D eigenvalue weighted by atomic mass is 9.94. The average Bonchev–Trinajstić information content (AvgIpc) is 2.91. The third-order valence-electron chi connectivity index (χ3n) is 2.86. The van der Waals surface area contributed by atoms with E-state index >= 15 is 0 Å². The molecule has 0 fully saturated rings. The van der Waals surface area contributed by atoms with Crippen LogP contribution >= 0.6 is 11.3 Å². The number of carbonyl (C=O) groups is 1. The van der Waals surface area contributed by atoms with Gasteiger partial charge in [-0.25, -0.2) is 0 Å². The highest BCUT2D eigenvalue weighted by Gasteiger charge is 2.19. The number of hydrogen-bond donors (Lipinski definition) is 1. The first-order valence-electron chi connectivity index (χ1n) is 6.18. The summed E-state index contributed by atoms with van der Waals surface area (Å²) in [7, 11) is 0. The van der Waals surface area contributed by atoms with Crippen molar-refractivity contribution in [3.8, 4) is 5.75 Å². The molecule has 0 aliphatic rings. The molecule has 0 amide bonds. The minimum Gasteiger partial charge on any atom is -0.508 e. The maximum Gasteiger partial charge on any atom is 0.306 e. The Morgan fingerprint density at radius 3 is 2.63 bits per heavy atom. The molecule has 1 heterocycles. The van der Waals surface area contributed by atoms with Crippen LogP contribution in [0.15, 0.2) is 41.8 Å². The van der Waals surface area contributed by atoms with Crippen LogP contribution in [-0.2, 0) is 9.53 Å². The smallest absolute Gasteiger partial charge is 0.306 e. The van der Waals surface area contributed by atoms with E-state index in [9.17, 15) is 9.90 Å². The normalized spacial score (nSPS) is 12.1. The maximum absolute atomic E-state index is 11.7. The standard InChI is InChI=1S/C15H16O3S/c1-2-18-15(17)10-13(14-4-3-9-19-14)11-5-7-12(16)8-6-11/h3-9,13,16H,2,10H2,1H3/t13-/m1/s1. The summed E-state index contributed by atoms with van der Waals surface area (Å²) >= 11 is 1.62. The van der Waals surface area contributed by atoms with E-state index in [0.717, 1.165) is 10.4 Å². The Labute approximate surface area is 116 Å². The maximum atomic E-state index is 11.7. The third kappa shape index (κ3) is 3.58. The summed E-state index contributed by atoms with van der Waals surface area (Å²) in [5, 5.41) is 11.3. The van der Waals surface area contributed by atoms with Gasteiger partial charge in [-0.2, -0.15) is 0 Å². The highest BCUT2D eigenvalue weighted by molar-refractivity contribution is 7.10. The molecular weight excluding hydrogens is 260 g/mol. The molecule has 2 aromatic rings. The predicted molar refractivity (Wildman–Crippen MR) is 75.5 cm³/mol. The number of rotatable bonds is 5. The summed E-state index contributed by atoms with van der Waals surface area (Å²) in [6, 6.07) is 11.0. The van der Waals surface area contributed by atoms with E-state index in [1.54, 1.807) is 30.4 Å². The second kappa shape index (κ2) is 6.38. The minimum atomic E-state index is -0.200. The fourth-order valence-electron chi connectivity index (χ4n) is 1.97. The van der Waals surface area contributed by atoms with Gasteiger partial charge < -0.3 is 9.84 Å². The molecule has 0 radical (unpaired) electrons. The van der Waals surface area contributed by atoms with Gasteiger partial charge >= 0.3 is 5.97 Å². The Bertz CT molecular complexity index is 517. The molecule has 0 aliphatic heterocycles. The van der Waals surface area contributed by atoms with Gasteiger partial charge in [0, 0.05) is 10.8 Å². The summed E-state index contributed by atoms with van der Waals surface area (Å²) in [5.74, 6) is 0.0124. The van der Waals surface area contributed by atoms with Crippen LogP contribution in [0.4, 0.5) is 0 Å². The van der Waals surface area contributed by atoms with Crippen molar-refractivity contribution < 1.29 is 14.6 Å². The van der Waals surface area contributed by atoms with E-state index in [4.69, 9.17) is 4.74 Å². The van der Waals surface area contributed by atoms with Crippen LogP contribution < -0.4 is 0 Å². The fourth-order valence-corrected chi connectivity index (χ4v) is 2.82. The Balaban J connectivity index is 2.24. The molecule has 19 heavy (non-hydrogen) atoms. The largest absolute Gasteiger partial charge is 0.508 e. The number of phenolic OH excluding ortho intramolecular Hbond substituents is 1. The number of thiophene rings is 1. The quantitative estimate of drug-likeness (QED) is 0.850. The highest BCUT2D eigenvalue weighted by atomic mass is 32.1. The van der Waals surface area contributed by atoms with Crippen molar-refractivity contribution in [3.05, 3.63) is 52.2 Å². The summed E-state index contributed by atoms with van der Waals surface area (Å²) in [6.07, 6.45) is 0.319. The third-order valence-corrected chi connectivity index (χ3v) is 3.84. The number of ether oxygens (including phenoxy) is 1. The number of benzene rings is 1. The van der Waals surface area contributed by atoms with E-state index in [1.165, 1.54) is 0 Å². The SMILES string of the molecule is CCOC(=O)C[C@H](c1ccc(O)cc1)c1cccs1. The van der Waals surface area contributed by atoms with Crippen LogP contribution in [0.25, 0.3) is 0 Å². The highest BCUT2D eigenvalue weighted by Crippen LogP contribution is 2.32. The number of carbonyl (C=O) groups excluding carboxylic acids is 1. The van der Waals surface area contributed by atoms with Crippen molar-refractivity contribution in [1.29, 1.82) is 0 Å². The first kappa shape index (κ1) is 13.6. The minimum absolute atomic E-state index is 0.0142. The summed E-state index contributed by atoms with van der Waals surface area (Å²) in [5.41, 5.74) is 1.01. The van der Waals surface area contributed by atoms with E-state index in [-0.39, 0.29) is 17.6 Å². The molecule has 3 nitrogen and oxygen atoms in total. The van der Waals surface area contributed by atoms with Crippen molar-refractivity contribution >= 4 is 17.3 Å². The molecule has 0 bridgehead atoms. The Morgan fingerprint density at radius 2 is 2.05 bits per heavy atom. The molecule has 0 saturated carbocycles. The Kier molecular flexibility index (Phi) is 4.58. The first-order valence-corrected chi connectivity index (χ1v) is 7.06. The van der Waals surface area contributed by atoms with E-state index in [2.05, 4.69) is 0 Å². The van der Waals surface area contributed by atoms with E-state index in [0.29, 0.717) is 13.0 Å². The van der Waals surface area contributed by atoms with Crippen LogP contribution in [0.5, 0.6) is 5.75 Å². The topological polar surface area (TPSA) is 46.5 Å². The molecule has 4 heteroatoms. The van der Waals surface area contributed by atoms with Crippen LogP contribution in [0.2, 0.25) is 0 Å². The molecular formula is C15H16O3S. The number of hydrogen-bond acceptors (Lipinski definition) is 4. The molecule has 0 unspecified atom stereocenters. The van der Waals surface area contributed by atoms with Crippen molar-refractivity contribution in [2.75, 3.05) is 6.61 Å². The van der Waals surface area contributed by atoms with Crippen molar-refractivity contribution in [2.45, 2.75) is 19.3 Å². The van der Waals surface area contributed by atoms with E-state index < -0.39 is 0 Å². The summed E-state index contributed by atoms with van der Waals surface area (Å²) < 4.78 is 5.03. The lowest BCUT2D eigenvalue weighted by Gasteiger charge is -2.15. The Hall–Kier alpha value is -1.81. The number of esters is 1. The zero-order valence-electron chi connectivity index (χ0n) is 10.7. The monoisotopic (exact) mass is 276 g/mol. The zero-order valence-corrected chi connectivity index (χ0v) is 11.5. The van der Waals surface area contributed by atoms with Crippen molar-refractivity contribution in [1.82, 2.24) is 0 Å². The molecule has 0 spiro atoms. The van der Waals surface area contributed by atoms with Crippen molar-refractivity contribution in [2.24, 2.45) is 0 Å². The zero-order chi connectivity index (χ0) is 13.7. The van der Waals surface area contributed by atoms with Crippen LogP contribution in [0.1, 0.15) is 29.7 Å². The van der Waals surface area contributed by atoms with Crippen molar-refractivity contribution in [3.63, 3.8) is 0 Å². The average molecular weight is 276 g/mol. The van der Waals surface area contributed by atoms with Crippen LogP contribution in [0.3, 0.4) is 0 Å². The van der Waals surface area contributed by atoms with E-state index in [1.807, 2.05) is 29.6 Å². The van der Waals surface area contributed by atoms with Gasteiger partial charge in [-0.05, 0) is 36.1 Å². The van der Waals surface area contributed by atoms with Gasteiger partial charge in [0.05, 0.1) is 13.0 Å². The predicted octanol–water partition coefficient (Wildman–Crippen LogP) is 3.54. The first-order chi connectivity index (χ1) is 9.20. The second-order valence-corrected chi connectivity index (χ2v) is 5.15. The van der Waals surface area contributed by atoms with Gasteiger partial charge in [0.25, 0.3) is 0 Å². The lowest BCUT2D eigenvalue weighted by molar-refractivity contribution is -0.143. The Morgan fingerprint density at radius 1 is 1.32 bits per heavy atom. The number of phenols is 1. The molecule has 1 aromatic heterocycles. The summed E-state index contributed by atoms with van der Waals surface area (Å²) in [6.45, 7) is 2.20. The van der Waals surface area contributed by atoms with Gasteiger partial charge in [0.1, 0.15) is 5.75 Å². The molecule has 1 aromatic carbocycles. The molecule has 0 saturated heterocycles. The van der Waals surface area contributed by atoms with Gasteiger partial charge in [-0.3, -0.25) is 4.79 Å². The van der Waals surface area contributed by atoms with Gasteiger partial charge in [-0.15, -0.1) is 11.3 Å². The molecule has 1 N–H and O–H groups in total. The van der Waals surface area contributed by atoms with Gasteiger partial charge in [0.15, 0.2) is 0 Å². The van der Waals surface area contributed by atoms with Crippen LogP contribution in [-0.4, -0.2) is 17.7 Å². The number of aromatic hydroxyl groups is 1. The molecule has 0 aliphatic carbocycles. The molecule has 100 valence electrons. The van der Waals surface area contributed by atoms with Gasteiger partial charge in [0.2, 0.25) is 0 Å². The van der Waals surface area contributed by atoms with Crippen LogP contribution in [0, 0.1) is 0 Å². The molecule has 2 rings (SSSR count). The lowest BCUT2D eigenvalue weighted by Crippen LogP contribution is -2.10. The molecule has 1 atom stereocenters.